The van der Waals surface area contributed by atoms with E-state index in [9.17, 15) is 8.42 Å². The first-order valence-corrected chi connectivity index (χ1v) is 10.5. The zero-order valence-corrected chi connectivity index (χ0v) is 17.2. The average Bonchev–Trinajstić information content (AvgIpc) is 3.05. The first kappa shape index (κ1) is 20.7. The number of nitrogens with zero attached hydrogens (tertiary/aromatic N) is 1. The number of methoxy groups -OCH3 is 1. The number of aromatic nitrogens is 1. The molecular weight excluding hydrogens is 444 g/mol. The average molecular weight is 462 g/mol. The number of anilines is 1. The molecule has 2 rings (SSSR count). The molecular formula is C17H18BrClN2O4S. The lowest BCUT2D eigenvalue weighted by Gasteiger charge is -2.05. The molecule has 0 saturated carbocycles. The molecule has 9 heteroatoms. The van der Waals surface area contributed by atoms with E-state index in [1.54, 1.807) is 37.5 Å². The lowest BCUT2D eigenvalue weighted by Crippen LogP contribution is -2.11. The standard InChI is InChI=1S/C17H18BrClN2O4S/c1-12(4-3-9-18)26(22,23)17-16(20-10-11-24-2)25-15(21-17)13-5-7-14(19)8-6-13/h3-8,20H,1,9-11H2,2H3/b4-3-. The number of sulfone groups is 1. The summed E-state index contributed by atoms with van der Waals surface area (Å²) in [5, 5.41) is 3.74. The molecule has 140 valence electrons. The molecule has 0 bridgehead atoms. The number of halogens is 2. The molecule has 0 aliphatic heterocycles. The van der Waals surface area contributed by atoms with Gasteiger partial charge in [-0.1, -0.05) is 40.2 Å². The summed E-state index contributed by atoms with van der Waals surface area (Å²) in [6.45, 7) is 4.36. The van der Waals surface area contributed by atoms with Crippen LogP contribution in [0.25, 0.3) is 11.5 Å². The van der Waals surface area contributed by atoms with Gasteiger partial charge in [0.05, 0.1) is 11.5 Å². The van der Waals surface area contributed by atoms with E-state index in [4.69, 9.17) is 20.8 Å². The molecule has 0 saturated heterocycles. The molecule has 0 spiro atoms. The lowest BCUT2D eigenvalue weighted by atomic mass is 10.2. The maximum Gasteiger partial charge on any atom is 0.233 e. The van der Waals surface area contributed by atoms with E-state index in [1.165, 1.54) is 6.08 Å². The van der Waals surface area contributed by atoms with E-state index in [-0.39, 0.29) is 21.7 Å². The van der Waals surface area contributed by atoms with Crippen molar-refractivity contribution in [1.29, 1.82) is 0 Å². The summed E-state index contributed by atoms with van der Waals surface area (Å²) in [5.41, 5.74) is 0.604. The minimum Gasteiger partial charge on any atom is -0.419 e. The van der Waals surface area contributed by atoms with Crippen molar-refractivity contribution in [1.82, 2.24) is 4.98 Å². The second kappa shape index (κ2) is 9.36. The van der Waals surface area contributed by atoms with Crippen LogP contribution in [0.1, 0.15) is 0 Å². The Balaban J connectivity index is 2.46. The van der Waals surface area contributed by atoms with E-state index in [0.29, 0.717) is 29.1 Å². The van der Waals surface area contributed by atoms with Gasteiger partial charge in [0.15, 0.2) is 0 Å². The number of allylic oxidation sites excluding steroid dienone is 2. The minimum absolute atomic E-state index is 0.0420. The number of hydrogen-bond donors (Lipinski definition) is 1. The molecule has 26 heavy (non-hydrogen) atoms. The van der Waals surface area contributed by atoms with Gasteiger partial charge in [-0.25, -0.2) is 8.42 Å². The fourth-order valence-corrected chi connectivity index (χ4v) is 3.37. The zero-order valence-electron chi connectivity index (χ0n) is 14.0. The number of benzene rings is 1. The van der Waals surface area contributed by atoms with Gasteiger partial charge in [-0.15, -0.1) is 0 Å². The number of alkyl halides is 1. The van der Waals surface area contributed by atoms with Crippen LogP contribution in [-0.4, -0.2) is 39.0 Å². The Labute approximate surface area is 166 Å². The Kier molecular flexibility index (Phi) is 7.45. The van der Waals surface area contributed by atoms with Gasteiger partial charge in [-0.2, -0.15) is 4.98 Å². The molecule has 1 heterocycles. The summed E-state index contributed by atoms with van der Waals surface area (Å²) in [5.74, 6) is 0.206. The zero-order chi connectivity index (χ0) is 19.2. The van der Waals surface area contributed by atoms with Gasteiger partial charge in [0.1, 0.15) is 0 Å². The SMILES string of the molecule is C=C(/C=C\CBr)S(=O)(=O)c1nc(-c2ccc(Cl)cc2)oc1NCCOC. The molecule has 0 radical (unpaired) electrons. The molecule has 0 fully saturated rings. The van der Waals surface area contributed by atoms with Crippen molar-refractivity contribution in [2.45, 2.75) is 5.03 Å². The first-order valence-electron chi connectivity index (χ1n) is 7.56. The Morgan fingerprint density at radius 1 is 1.42 bits per heavy atom. The van der Waals surface area contributed by atoms with Crippen LogP contribution in [0.4, 0.5) is 5.88 Å². The second-order valence-corrected chi connectivity index (χ2v) is 8.11. The fourth-order valence-electron chi connectivity index (χ4n) is 1.97. The number of oxazole rings is 1. The lowest BCUT2D eigenvalue weighted by molar-refractivity contribution is 0.210. The van der Waals surface area contributed by atoms with Crippen LogP contribution >= 0.6 is 27.5 Å². The first-order chi connectivity index (χ1) is 12.4. The number of rotatable bonds is 9. The highest BCUT2D eigenvalue weighted by molar-refractivity contribution is 9.09. The molecule has 1 N–H and O–H groups in total. The quantitative estimate of drug-likeness (QED) is 0.341. The Morgan fingerprint density at radius 3 is 2.73 bits per heavy atom. The molecule has 0 aliphatic carbocycles. The molecule has 0 aliphatic rings. The topological polar surface area (TPSA) is 81.4 Å². The van der Waals surface area contributed by atoms with Gasteiger partial charge < -0.3 is 14.5 Å². The number of hydrogen-bond acceptors (Lipinski definition) is 6. The van der Waals surface area contributed by atoms with Crippen molar-refractivity contribution < 1.29 is 17.6 Å². The summed E-state index contributed by atoms with van der Waals surface area (Å²) in [4.78, 5) is 4.10. The highest BCUT2D eigenvalue weighted by atomic mass is 79.9. The molecule has 2 aromatic rings. The van der Waals surface area contributed by atoms with Gasteiger partial charge in [0.25, 0.3) is 0 Å². The maximum absolute atomic E-state index is 12.8. The predicted molar refractivity (Wildman–Crippen MR) is 107 cm³/mol. The van der Waals surface area contributed by atoms with Gasteiger partial charge >= 0.3 is 0 Å². The van der Waals surface area contributed by atoms with Crippen molar-refractivity contribution in [3.63, 3.8) is 0 Å². The van der Waals surface area contributed by atoms with E-state index < -0.39 is 9.84 Å². The molecule has 0 amide bonds. The van der Waals surface area contributed by atoms with Crippen molar-refractivity contribution in [2.24, 2.45) is 0 Å². The predicted octanol–water partition coefficient (Wildman–Crippen LogP) is 4.29. The Morgan fingerprint density at radius 2 is 2.12 bits per heavy atom. The summed E-state index contributed by atoms with van der Waals surface area (Å²) in [6.07, 6.45) is 3.05. The summed E-state index contributed by atoms with van der Waals surface area (Å²) in [7, 11) is -2.36. The molecule has 1 aromatic heterocycles. The molecule has 0 atom stereocenters. The van der Waals surface area contributed by atoms with Gasteiger partial charge in [-0.3, -0.25) is 0 Å². The van der Waals surface area contributed by atoms with Crippen molar-refractivity contribution in [3.8, 4) is 11.5 Å². The molecule has 6 nitrogen and oxygen atoms in total. The van der Waals surface area contributed by atoms with Gasteiger partial charge in [0, 0.05) is 29.6 Å². The molecule has 0 unspecified atom stereocenters. The van der Waals surface area contributed by atoms with Crippen LogP contribution in [0.5, 0.6) is 0 Å². The van der Waals surface area contributed by atoms with Crippen LogP contribution in [0, 0.1) is 0 Å². The van der Waals surface area contributed by atoms with E-state index >= 15 is 0 Å². The van der Waals surface area contributed by atoms with Gasteiger partial charge in [-0.05, 0) is 30.3 Å². The van der Waals surface area contributed by atoms with E-state index in [1.807, 2.05) is 0 Å². The molecule has 1 aromatic carbocycles. The van der Waals surface area contributed by atoms with Crippen molar-refractivity contribution >= 4 is 43.3 Å². The van der Waals surface area contributed by atoms with Crippen LogP contribution in [0.3, 0.4) is 0 Å². The highest BCUT2D eigenvalue weighted by Crippen LogP contribution is 2.32. The number of nitrogens with one attached hydrogen (secondary N) is 1. The summed E-state index contributed by atoms with van der Waals surface area (Å²) < 4.78 is 36.2. The van der Waals surface area contributed by atoms with E-state index in [2.05, 4.69) is 32.8 Å². The third-order valence-corrected chi connectivity index (χ3v) is 5.51. The summed E-state index contributed by atoms with van der Waals surface area (Å²) in [6, 6.07) is 6.74. The fraction of sp³-hybridized carbons (Fsp3) is 0.235. The van der Waals surface area contributed by atoms with Crippen molar-refractivity contribution in [3.05, 3.63) is 52.9 Å². The normalized spacial score (nSPS) is 11.8. The van der Waals surface area contributed by atoms with E-state index in [0.717, 1.165) is 0 Å². The van der Waals surface area contributed by atoms with Crippen LogP contribution in [0.15, 0.2) is 57.3 Å². The smallest absolute Gasteiger partial charge is 0.233 e. The monoisotopic (exact) mass is 460 g/mol. The largest absolute Gasteiger partial charge is 0.419 e. The van der Waals surface area contributed by atoms with Gasteiger partial charge in [0.2, 0.25) is 26.6 Å². The number of ether oxygens (including phenoxy) is 1. The highest BCUT2D eigenvalue weighted by Gasteiger charge is 2.28. The second-order valence-electron chi connectivity index (χ2n) is 5.11. The third-order valence-electron chi connectivity index (χ3n) is 3.27. The van der Waals surface area contributed by atoms with Crippen molar-refractivity contribution in [2.75, 3.05) is 30.9 Å². The Bertz CT molecular complexity index is 892. The minimum atomic E-state index is -3.91. The van der Waals surface area contributed by atoms with Crippen LogP contribution < -0.4 is 5.32 Å². The maximum atomic E-state index is 12.8. The third kappa shape index (κ3) is 4.97. The van der Waals surface area contributed by atoms with Crippen LogP contribution in [0.2, 0.25) is 5.02 Å². The summed E-state index contributed by atoms with van der Waals surface area (Å²) >= 11 is 9.09. The Hall–Kier alpha value is -1.61. The van der Waals surface area contributed by atoms with Crippen LogP contribution in [-0.2, 0) is 14.6 Å².